The zero-order valence-electron chi connectivity index (χ0n) is 17.0. The molecule has 154 valence electrons. The molecule has 0 radical (unpaired) electrons. The van der Waals surface area contributed by atoms with Crippen molar-refractivity contribution in [2.75, 3.05) is 5.32 Å². The number of hydrogen-bond donors (Lipinski definition) is 1. The Balaban J connectivity index is 1.87. The second kappa shape index (κ2) is 9.88. The van der Waals surface area contributed by atoms with Gasteiger partial charge in [0, 0.05) is 15.7 Å². The van der Waals surface area contributed by atoms with Crippen LogP contribution in [0.15, 0.2) is 76.8 Å². The van der Waals surface area contributed by atoms with Crippen LogP contribution in [0.25, 0.3) is 6.08 Å². The molecule has 0 atom stereocenters. The molecule has 0 heterocycles. The van der Waals surface area contributed by atoms with Gasteiger partial charge in [0.2, 0.25) is 0 Å². The van der Waals surface area contributed by atoms with E-state index in [0.717, 1.165) is 11.1 Å². The number of benzene rings is 3. The molecule has 5 nitrogen and oxygen atoms in total. The Morgan fingerprint density at radius 1 is 0.968 bits per heavy atom. The van der Waals surface area contributed by atoms with Gasteiger partial charge < -0.3 is 10.1 Å². The van der Waals surface area contributed by atoms with Crippen LogP contribution in [-0.4, -0.2) is 11.9 Å². The molecule has 3 rings (SSSR count). The van der Waals surface area contributed by atoms with Crippen LogP contribution in [-0.2, 0) is 4.79 Å². The van der Waals surface area contributed by atoms with Crippen molar-refractivity contribution in [2.45, 2.75) is 13.8 Å². The summed E-state index contributed by atoms with van der Waals surface area (Å²) in [5.41, 5.74) is 3.38. The lowest BCUT2D eigenvalue weighted by atomic mass is 10.1. The first-order chi connectivity index (χ1) is 14.9. The van der Waals surface area contributed by atoms with Gasteiger partial charge in [-0.1, -0.05) is 51.3 Å². The average Bonchev–Trinajstić information content (AvgIpc) is 2.75. The van der Waals surface area contributed by atoms with E-state index < -0.39 is 11.9 Å². The summed E-state index contributed by atoms with van der Waals surface area (Å²) >= 11 is 3.37. The SMILES string of the molecule is Cc1ccc(NC(=O)/C(C#N)=C/c2cc(Br)ccc2OC(=O)c2ccc(C)cc2)cc1. The molecule has 0 fully saturated rings. The van der Waals surface area contributed by atoms with Crippen LogP contribution < -0.4 is 10.1 Å². The third-order valence-corrected chi connectivity index (χ3v) is 4.93. The summed E-state index contributed by atoms with van der Waals surface area (Å²) in [5, 5.41) is 12.2. The van der Waals surface area contributed by atoms with Gasteiger partial charge in [0.1, 0.15) is 17.4 Å². The van der Waals surface area contributed by atoms with E-state index >= 15 is 0 Å². The van der Waals surface area contributed by atoms with E-state index in [9.17, 15) is 14.9 Å². The second-order valence-corrected chi connectivity index (χ2v) is 7.84. The van der Waals surface area contributed by atoms with Crippen molar-refractivity contribution in [1.82, 2.24) is 0 Å². The first-order valence-electron chi connectivity index (χ1n) is 9.44. The Morgan fingerprint density at radius 3 is 2.19 bits per heavy atom. The molecule has 0 aliphatic rings. The van der Waals surface area contributed by atoms with Gasteiger partial charge >= 0.3 is 5.97 Å². The van der Waals surface area contributed by atoms with Crippen LogP contribution in [0.2, 0.25) is 0 Å². The van der Waals surface area contributed by atoms with Crippen LogP contribution in [0.1, 0.15) is 27.0 Å². The van der Waals surface area contributed by atoms with Crippen LogP contribution in [0.4, 0.5) is 5.69 Å². The number of amides is 1. The number of carbonyl (C=O) groups is 2. The molecule has 6 heteroatoms. The van der Waals surface area contributed by atoms with Crippen molar-refractivity contribution in [3.8, 4) is 11.8 Å². The maximum Gasteiger partial charge on any atom is 0.343 e. The molecule has 0 unspecified atom stereocenters. The van der Waals surface area contributed by atoms with Crippen molar-refractivity contribution in [3.05, 3.63) is 99.0 Å². The van der Waals surface area contributed by atoms with Crippen LogP contribution in [0, 0.1) is 25.2 Å². The standard InChI is InChI=1S/C25H19BrN2O3/c1-16-3-7-18(8-4-16)25(30)31-23-12-9-21(26)14-19(23)13-20(15-27)24(29)28-22-10-5-17(2)6-11-22/h3-14H,1-2H3,(H,28,29)/b20-13+. The topological polar surface area (TPSA) is 79.2 Å². The molecule has 0 saturated carbocycles. The Bertz CT molecular complexity index is 1190. The van der Waals surface area contributed by atoms with Gasteiger partial charge in [-0.2, -0.15) is 5.26 Å². The Kier molecular flexibility index (Phi) is 7.01. The fourth-order valence-corrected chi connectivity index (χ4v) is 3.09. The normalized spacial score (nSPS) is 10.8. The summed E-state index contributed by atoms with van der Waals surface area (Å²) in [7, 11) is 0. The molecular weight excluding hydrogens is 456 g/mol. The molecule has 0 spiro atoms. The highest BCUT2D eigenvalue weighted by Crippen LogP contribution is 2.27. The summed E-state index contributed by atoms with van der Waals surface area (Å²) < 4.78 is 6.25. The van der Waals surface area contributed by atoms with Crippen molar-refractivity contribution >= 4 is 39.6 Å². The molecular formula is C25H19BrN2O3. The van der Waals surface area contributed by atoms with Crippen molar-refractivity contribution in [1.29, 1.82) is 5.26 Å². The van der Waals surface area contributed by atoms with E-state index in [0.29, 0.717) is 21.3 Å². The summed E-state index contributed by atoms with van der Waals surface area (Å²) in [6, 6.07) is 21.2. The van der Waals surface area contributed by atoms with Crippen molar-refractivity contribution in [3.63, 3.8) is 0 Å². The minimum Gasteiger partial charge on any atom is -0.422 e. The Labute approximate surface area is 189 Å². The van der Waals surface area contributed by atoms with Gasteiger partial charge in [-0.15, -0.1) is 0 Å². The van der Waals surface area contributed by atoms with E-state index in [1.807, 2.05) is 44.2 Å². The van der Waals surface area contributed by atoms with Gasteiger partial charge in [-0.25, -0.2) is 4.79 Å². The van der Waals surface area contributed by atoms with Gasteiger partial charge in [0.05, 0.1) is 5.56 Å². The first kappa shape index (κ1) is 22.0. The maximum absolute atomic E-state index is 12.6. The van der Waals surface area contributed by atoms with E-state index in [2.05, 4.69) is 21.2 Å². The summed E-state index contributed by atoms with van der Waals surface area (Å²) in [6.45, 7) is 3.87. The lowest BCUT2D eigenvalue weighted by Gasteiger charge is -2.10. The van der Waals surface area contributed by atoms with Gasteiger partial charge in [0.15, 0.2) is 0 Å². The number of nitrogens with one attached hydrogen (secondary N) is 1. The predicted octanol–water partition coefficient (Wildman–Crippen LogP) is 5.83. The highest BCUT2D eigenvalue weighted by Gasteiger charge is 2.15. The molecule has 3 aromatic rings. The number of aryl methyl sites for hydroxylation is 2. The minimum absolute atomic E-state index is 0.119. The first-order valence-corrected chi connectivity index (χ1v) is 10.2. The number of esters is 1. The van der Waals surface area contributed by atoms with E-state index in [-0.39, 0.29) is 11.3 Å². The number of nitriles is 1. The smallest absolute Gasteiger partial charge is 0.343 e. The highest BCUT2D eigenvalue weighted by atomic mass is 79.9. The summed E-state index contributed by atoms with van der Waals surface area (Å²) in [5.74, 6) is -0.841. The fourth-order valence-electron chi connectivity index (χ4n) is 2.71. The fraction of sp³-hybridized carbons (Fsp3) is 0.0800. The number of hydrogen-bond acceptors (Lipinski definition) is 4. The monoisotopic (exact) mass is 474 g/mol. The van der Waals surface area contributed by atoms with Gasteiger partial charge in [0.25, 0.3) is 5.91 Å². The third kappa shape index (κ3) is 5.91. The Hall–Kier alpha value is -3.69. The average molecular weight is 475 g/mol. The van der Waals surface area contributed by atoms with Gasteiger partial charge in [-0.3, -0.25) is 4.79 Å². The number of anilines is 1. The molecule has 31 heavy (non-hydrogen) atoms. The second-order valence-electron chi connectivity index (χ2n) is 6.93. The number of halogens is 1. The largest absolute Gasteiger partial charge is 0.422 e. The Morgan fingerprint density at radius 2 is 1.58 bits per heavy atom. The highest BCUT2D eigenvalue weighted by molar-refractivity contribution is 9.10. The maximum atomic E-state index is 12.6. The quantitative estimate of drug-likeness (QED) is 0.218. The molecule has 0 aromatic heterocycles. The van der Waals surface area contributed by atoms with E-state index in [1.54, 1.807) is 42.5 Å². The molecule has 1 amide bonds. The third-order valence-electron chi connectivity index (χ3n) is 4.44. The zero-order chi connectivity index (χ0) is 22.4. The lowest BCUT2D eigenvalue weighted by molar-refractivity contribution is -0.112. The number of carbonyl (C=O) groups excluding carboxylic acids is 2. The van der Waals surface area contributed by atoms with Crippen LogP contribution >= 0.6 is 15.9 Å². The predicted molar refractivity (Wildman–Crippen MR) is 124 cm³/mol. The van der Waals surface area contributed by atoms with Crippen LogP contribution in [0.3, 0.4) is 0 Å². The lowest BCUT2D eigenvalue weighted by Crippen LogP contribution is -2.13. The van der Waals surface area contributed by atoms with Crippen LogP contribution in [0.5, 0.6) is 5.75 Å². The minimum atomic E-state index is -0.554. The molecule has 0 aliphatic heterocycles. The van der Waals surface area contributed by atoms with E-state index in [4.69, 9.17) is 4.74 Å². The number of rotatable bonds is 5. The van der Waals surface area contributed by atoms with Crippen molar-refractivity contribution < 1.29 is 14.3 Å². The van der Waals surface area contributed by atoms with Gasteiger partial charge in [-0.05, 0) is 62.4 Å². The summed E-state index contributed by atoms with van der Waals surface area (Å²) in [6.07, 6.45) is 1.39. The molecule has 0 aliphatic carbocycles. The number of nitrogens with zero attached hydrogens (tertiary/aromatic N) is 1. The molecule has 3 aromatic carbocycles. The molecule has 0 saturated heterocycles. The van der Waals surface area contributed by atoms with E-state index in [1.165, 1.54) is 6.08 Å². The zero-order valence-corrected chi connectivity index (χ0v) is 18.6. The number of ether oxygens (including phenoxy) is 1. The molecule has 0 bridgehead atoms. The van der Waals surface area contributed by atoms with Crippen molar-refractivity contribution in [2.24, 2.45) is 0 Å². The summed E-state index contributed by atoms with van der Waals surface area (Å²) in [4.78, 5) is 25.1. The molecule has 1 N–H and O–H groups in total.